The Bertz CT molecular complexity index is 747. The van der Waals surface area contributed by atoms with Crippen LogP contribution in [-0.2, 0) is 11.3 Å². The van der Waals surface area contributed by atoms with Gasteiger partial charge in [0.05, 0.1) is 13.2 Å². The topological polar surface area (TPSA) is 58.1 Å². The first-order valence-corrected chi connectivity index (χ1v) is 9.65. The minimum Gasteiger partial charge on any atom is -0.493 e. The van der Waals surface area contributed by atoms with Gasteiger partial charge in [-0.25, -0.2) is 4.99 Å². The van der Waals surface area contributed by atoms with E-state index in [1.54, 1.807) is 7.11 Å². The van der Waals surface area contributed by atoms with E-state index in [1.807, 2.05) is 38.4 Å². The second-order valence-corrected chi connectivity index (χ2v) is 6.61. The monoisotopic (exact) mass is 384 g/mol. The molecule has 0 radical (unpaired) electrons. The summed E-state index contributed by atoms with van der Waals surface area (Å²) in [6.07, 6.45) is 0.865. The molecule has 2 aromatic rings. The quantitative estimate of drug-likeness (QED) is 0.371. The first kappa shape index (κ1) is 21.6. The lowest BCUT2D eigenvalue weighted by atomic mass is 10.2. The fourth-order valence-corrected chi connectivity index (χ4v) is 2.60. The van der Waals surface area contributed by atoms with Crippen molar-refractivity contribution in [1.82, 2.24) is 5.32 Å². The van der Waals surface area contributed by atoms with Gasteiger partial charge < -0.3 is 25.0 Å². The summed E-state index contributed by atoms with van der Waals surface area (Å²) in [7, 11) is 5.78. The Morgan fingerprint density at radius 3 is 2.64 bits per heavy atom. The number of rotatable bonds is 10. The number of anilines is 2. The molecule has 0 aromatic heterocycles. The van der Waals surface area contributed by atoms with E-state index in [4.69, 9.17) is 14.5 Å². The molecule has 0 saturated heterocycles. The predicted octanol–water partition coefficient (Wildman–Crippen LogP) is 3.75. The molecule has 0 amide bonds. The van der Waals surface area contributed by atoms with Crippen molar-refractivity contribution in [3.63, 3.8) is 0 Å². The lowest BCUT2D eigenvalue weighted by Crippen LogP contribution is -2.30. The first-order valence-electron chi connectivity index (χ1n) is 9.65. The Labute approximate surface area is 168 Å². The van der Waals surface area contributed by atoms with Crippen LogP contribution in [0.15, 0.2) is 53.5 Å². The van der Waals surface area contributed by atoms with Crippen LogP contribution < -0.4 is 20.3 Å². The van der Waals surface area contributed by atoms with Gasteiger partial charge in [0.1, 0.15) is 5.75 Å². The molecule has 152 valence electrons. The van der Waals surface area contributed by atoms with E-state index in [2.05, 4.69) is 46.7 Å². The van der Waals surface area contributed by atoms with Crippen LogP contribution in [0.1, 0.15) is 18.9 Å². The molecule has 28 heavy (non-hydrogen) atoms. The number of aliphatic imine (C=N–C) groups is 1. The molecule has 0 aliphatic rings. The van der Waals surface area contributed by atoms with Crippen LogP contribution in [0.3, 0.4) is 0 Å². The number of benzene rings is 2. The van der Waals surface area contributed by atoms with Gasteiger partial charge >= 0.3 is 0 Å². The molecular formula is C22H32N4O2. The molecule has 0 unspecified atom stereocenters. The maximum absolute atomic E-state index is 5.77. The number of ether oxygens (including phenoxy) is 2. The lowest BCUT2D eigenvalue weighted by molar-refractivity contribution is 0.172. The zero-order chi connectivity index (χ0) is 20.2. The molecule has 2 aromatic carbocycles. The van der Waals surface area contributed by atoms with Crippen LogP contribution in [0.2, 0.25) is 0 Å². The number of hydrogen-bond acceptors (Lipinski definition) is 4. The molecule has 2 N–H and O–H groups in total. The molecule has 2 rings (SSSR count). The fraction of sp³-hybridized carbons (Fsp3) is 0.409. The second kappa shape index (κ2) is 11.9. The molecule has 0 fully saturated rings. The standard InChI is InChI=1S/C22H32N4O2/c1-5-23-22(24-17-18-9-6-11-20(15-18)26(2)3)25-19-10-7-12-21(16-19)28-14-8-13-27-4/h6-7,9-12,15-16H,5,8,13-14,17H2,1-4H3,(H2,23,24,25). The Balaban J connectivity index is 2.01. The largest absolute Gasteiger partial charge is 0.493 e. The van der Waals surface area contributed by atoms with Gasteiger partial charge in [0, 0.05) is 58.2 Å². The van der Waals surface area contributed by atoms with Gasteiger partial charge in [0.2, 0.25) is 0 Å². The molecule has 0 aliphatic carbocycles. The van der Waals surface area contributed by atoms with E-state index in [-0.39, 0.29) is 0 Å². The highest BCUT2D eigenvalue weighted by molar-refractivity contribution is 5.93. The molecule has 6 nitrogen and oxygen atoms in total. The summed E-state index contributed by atoms with van der Waals surface area (Å²) in [6.45, 7) is 4.78. The van der Waals surface area contributed by atoms with Crippen LogP contribution in [0.4, 0.5) is 11.4 Å². The van der Waals surface area contributed by atoms with Gasteiger partial charge in [-0.15, -0.1) is 0 Å². The van der Waals surface area contributed by atoms with Gasteiger partial charge in [0.25, 0.3) is 0 Å². The van der Waals surface area contributed by atoms with Crippen LogP contribution in [0.5, 0.6) is 5.75 Å². The van der Waals surface area contributed by atoms with E-state index in [1.165, 1.54) is 11.3 Å². The molecule has 0 saturated carbocycles. The third-order valence-electron chi connectivity index (χ3n) is 4.05. The van der Waals surface area contributed by atoms with Crippen molar-refractivity contribution in [2.75, 3.05) is 51.2 Å². The Morgan fingerprint density at radius 2 is 1.89 bits per heavy atom. The van der Waals surface area contributed by atoms with Crippen molar-refractivity contribution >= 4 is 17.3 Å². The first-order chi connectivity index (χ1) is 13.6. The molecule has 0 atom stereocenters. The van der Waals surface area contributed by atoms with Gasteiger partial charge in [0.15, 0.2) is 5.96 Å². The average Bonchev–Trinajstić information content (AvgIpc) is 2.70. The number of guanidine groups is 1. The van der Waals surface area contributed by atoms with E-state index < -0.39 is 0 Å². The van der Waals surface area contributed by atoms with Gasteiger partial charge in [-0.1, -0.05) is 18.2 Å². The third kappa shape index (κ3) is 7.48. The van der Waals surface area contributed by atoms with Crippen molar-refractivity contribution in [3.05, 3.63) is 54.1 Å². The SMILES string of the molecule is CCNC(=NCc1cccc(N(C)C)c1)Nc1cccc(OCCCOC)c1. The molecular weight excluding hydrogens is 352 g/mol. The minimum atomic E-state index is 0.601. The van der Waals surface area contributed by atoms with Crippen LogP contribution >= 0.6 is 0 Å². The normalized spacial score (nSPS) is 11.2. The minimum absolute atomic E-state index is 0.601. The van der Waals surface area contributed by atoms with Crippen molar-refractivity contribution in [3.8, 4) is 5.75 Å². The van der Waals surface area contributed by atoms with Crippen molar-refractivity contribution in [2.24, 2.45) is 4.99 Å². The summed E-state index contributed by atoms with van der Waals surface area (Å²) in [5.74, 6) is 1.57. The number of methoxy groups -OCH3 is 1. The average molecular weight is 385 g/mol. The Kier molecular flexibility index (Phi) is 9.15. The number of nitrogens with one attached hydrogen (secondary N) is 2. The summed E-state index contributed by atoms with van der Waals surface area (Å²) >= 11 is 0. The maximum atomic E-state index is 5.77. The van der Waals surface area contributed by atoms with Crippen LogP contribution in [0, 0.1) is 0 Å². The Morgan fingerprint density at radius 1 is 1.07 bits per heavy atom. The van der Waals surface area contributed by atoms with Crippen LogP contribution in [-0.4, -0.2) is 46.9 Å². The smallest absolute Gasteiger partial charge is 0.196 e. The molecule has 6 heteroatoms. The fourth-order valence-electron chi connectivity index (χ4n) is 2.60. The number of nitrogens with zero attached hydrogens (tertiary/aromatic N) is 2. The Hall–Kier alpha value is -2.73. The van der Waals surface area contributed by atoms with Crippen molar-refractivity contribution in [1.29, 1.82) is 0 Å². The molecule has 0 bridgehead atoms. The van der Waals surface area contributed by atoms with Crippen LogP contribution in [0.25, 0.3) is 0 Å². The highest BCUT2D eigenvalue weighted by atomic mass is 16.5. The maximum Gasteiger partial charge on any atom is 0.196 e. The van der Waals surface area contributed by atoms with Gasteiger partial charge in [-0.05, 0) is 36.8 Å². The van der Waals surface area contributed by atoms with E-state index >= 15 is 0 Å². The van der Waals surface area contributed by atoms with E-state index in [0.29, 0.717) is 19.8 Å². The number of hydrogen-bond donors (Lipinski definition) is 2. The molecule has 0 spiro atoms. The highest BCUT2D eigenvalue weighted by Gasteiger charge is 2.03. The van der Waals surface area contributed by atoms with Gasteiger partial charge in [-0.3, -0.25) is 0 Å². The highest BCUT2D eigenvalue weighted by Crippen LogP contribution is 2.18. The molecule has 0 heterocycles. The van der Waals surface area contributed by atoms with Gasteiger partial charge in [-0.2, -0.15) is 0 Å². The summed E-state index contributed by atoms with van der Waals surface area (Å²) < 4.78 is 10.8. The predicted molar refractivity (Wildman–Crippen MR) is 118 cm³/mol. The third-order valence-corrected chi connectivity index (χ3v) is 4.05. The summed E-state index contributed by atoms with van der Waals surface area (Å²) in [6, 6.07) is 16.3. The summed E-state index contributed by atoms with van der Waals surface area (Å²) in [5, 5.41) is 6.64. The zero-order valence-corrected chi connectivity index (χ0v) is 17.4. The second-order valence-electron chi connectivity index (χ2n) is 6.61. The summed E-state index contributed by atoms with van der Waals surface area (Å²) in [5.41, 5.74) is 3.27. The van der Waals surface area contributed by atoms with Crippen molar-refractivity contribution in [2.45, 2.75) is 19.9 Å². The molecule has 0 aliphatic heterocycles. The lowest BCUT2D eigenvalue weighted by Gasteiger charge is -2.14. The van der Waals surface area contributed by atoms with Crippen molar-refractivity contribution < 1.29 is 9.47 Å². The zero-order valence-electron chi connectivity index (χ0n) is 17.4. The summed E-state index contributed by atoms with van der Waals surface area (Å²) in [4.78, 5) is 6.81. The van der Waals surface area contributed by atoms with E-state index in [9.17, 15) is 0 Å². The van der Waals surface area contributed by atoms with E-state index in [0.717, 1.165) is 30.4 Å².